The second kappa shape index (κ2) is 9.23. The molecular weight excluding hydrogens is 455 g/mol. The van der Waals surface area contributed by atoms with Crippen LogP contribution in [0.1, 0.15) is 27.8 Å². The number of hydrogen-bond acceptors (Lipinski definition) is 3. The van der Waals surface area contributed by atoms with E-state index >= 15 is 0 Å². The van der Waals surface area contributed by atoms with Crippen LogP contribution >= 0.6 is 0 Å². The van der Waals surface area contributed by atoms with Crippen LogP contribution < -0.4 is 10.2 Å². The fourth-order valence-corrected chi connectivity index (χ4v) is 4.51. The van der Waals surface area contributed by atoms with Crippen LogP contribution in [-0.2, 0) is 16.0 Å². The van der Waals surface area contributed by atoms with Crippen molar-refractivity contribution in [1.29, 1.82) is 0 Å². The van der Waals surface area contributed by atoms with E-state index < -0.39 is 17.8 Å². The monoisotopic (exact) mass is 478 g/mol. The number of barbiturate groups is 1. The molecule has 0 bridgehead atoms. The molecule has 0 saturated carbocycles. The van der Waals surface area contributed by atoms with Gasteiger partial charge in [0.05, 0.1) is 5.69 Å². The van der Waals surface area contributed by atoms with E-state index in [2.05, 4.69) is 5.32 Å². The van der Waals surface area contributed by atoms with E-state index in [1.807, 2.05) is 56.3 Å². The molecule has 1 heterocycles. The first-order valence-corrected chi connectivity index (χ1v) is 11.6. The number of carbonyl (C=O) groups is 3. The van der Waals surface area contributed by atoms with Crippen molar-refractivity contribution in [2.45, 2.75) is 20.3 Å². The lowest BCUT2D eigenvalue weighted by Gasteiger charge is -2.28. The van der Waals surface area contributed by atoms with Crippen LogP contribution in [0.25, 0.3) is 16.8 Å². The first kappa shape index (κ1) is 23.2. The molecule has 1 N–H and O–H groups in total. The molecule has 4 amide bonds. The summed E-state index contributed by atoms with van der Waals surface area (Å²) in [4.78, 5) is 40.2. The molecule has 0 radical (unpaired) electrons. The second-order valence-corrected chi connectivity index (χ2v) is 8.80. The number of benzene rings is 4. The number of carbonyl (C=O) groups excluding carboxylic acids is 3. The first-order chi connectivity index (χ1) is 17.3. The lowest BCUT2D eigenvalue weighted by molar-refractivity contribution is -0.122. The first-order valence-electron chi connectivity index (χ1n) is 11.6. The second-order valence-electron chi connectivity index (χ2n) is 8.80. The molecule has 0 aromatic heterocycles. The topological polar surface area (TPSA) is 66.5 Å². The zero-order chi connectivity index (χ0) is 25.4. The summed E-state index contributed by atoms with van der Waals surface area (Å²) in [7, 11) is 0. The Morgan fingerprint density at radius 3 is 2.39 bits per heavy atom. The Bertz CT molecular complexity index is 1590. The fourth-order valence-electron chi connectivity index (χ4n) is 4.51. The van der Waals surface area contributed by atoms with Gasteiger partial charge in [0.25, 0.3) is 11.8 Å². The van der Waals surface area contributed by atoms with Crippen LogP contribution in [0.5, 0.6) is 0 Å². The van der Waals surface area contributed by atoms with E-state index in [-0.39, 0.29) is 17.8 Å². The Hall–Kier alpha value is -4.58. The highest BCUT2D eigenvalue weighted by molar-refractivity contribution is 6.39. The highest BCUT2D eigenvalue weighted by Crippen LogP contribution is 2.31. The van der Waals surface area contributed by atoms with Gasteiger partial charge in [-0.05, 0) is 70.6 Å². The zero-order valence-corrected chi connectivity index (χ0v) is 19.8. The molecule has 5 rings (SSSR count). The van der Waals surface area contributed by atoms with Crippen molar-refractivity contribution in [3.05, 3.63) is 118 Å². The predicted octanol–water partition coefficient (Wildman–Crippen LogP) is 5.85. The van der Waals surface area contributed by atoms with Gasteiger partial charge in [0.1, 0.15) is 11.4 Å². The molecule has 6 heteroatoms. The number of hydrogen-bond donors (Lipinski definition) is 1. The maximum absolute atomic E-state index is 14.5. The Morgan fingerprint density at radius 2 is 1.58 bits per heavy atom. The van der Waals surface area contributed by atoms with Gasteiger partial charge in [-0.15, -0.1) is 0 Å². The Balaban J connectivity index is 1.67. The van der Waals surface area contributed by atoms with E-state index in [4.69, 9.17) is 0 Å². The van der Waals surface area contributed by atoms with Crippen molar-refractivity contribution in [1.82, 2.24) is 5.32 Å². The minimum Gasteiger partial charge on any atom is -0.273 e. The largest absolute Gasteiger partial charge is 0.335 e. The van der Waals surface area contributed by atoms with Gasteiger partial charge in [0.15, 0.2) is 0 Å². The van der Waals surface area contributed by atoms with E-state index in [1.165, 1.54) is 12.1 Å². The molecule has 178 valence electrons. The smallest absolute Gasteiger partial charge is 0.273 e. The molecule has 0 unspecified atom stereocenters. The van der Waals surface area contributed by atoms with Crippen molar-refractivity contribution in [2.24, 2.45) is 0 Å². The number of urea groups is 1. The molecule has 4 aromatic rings. The van der Waals surface area contributed by atoms with Gasteiger partial charge < -0.3 is 0 Å². The van der Waals surface area contributed by atoms with E-state index in [1.54, 1.807) is 30.3 Å². The summed E-state index contributed by atoms with van der Waals surface area (Å²) < 4.78 is 14.5. The van der Waals surface area contributed by atoms with Gasteiger partial charge in [-0.1, -0.05) is 66.7 Å². The van der Waals surface area contributed by atoms with E-state index in [9.17, 15) is 18.8 Å². The van der Waals surface area contributed by atoms with Crippen LogP contribution in [0.4, 0.5) is 14.9 Å². The number of fused-ring (bicyclic) bond motifs is 1. The number of anilines is 1. The van der Waals surface area contributed by atoms with Gasteiger partial charge >= 0.3 is 6.03 Å². The molecule has 1 saturated heterocycles. The average molecular weight is 479 g/mol. The van der Waals surface area contributed by atoms with E-state index in [0.29, 0.717) is 16.8 Å². The Morgan fingerprint density at radius 1 is 0.833 bits per heavy atom. The molecule has 0 aliphatic carbocycles. The summed E-state index contributed by atoms with van der Waals surface area (Å²) in [6.07, 6.45) is 1.78. The zero-order valence-electron chi connectivity index (χ0n) is 19.8. The van der Waals surface area contributed by atoms with E-state index in [0.717, 1.165) is 32.4 Å². The van der Waals surface area contributed by atoms with Crippen LogP contribution in [0.3, 0.4) is 0 Å². The number of nitrogens with zero attached hydrogens (tertiary/aromatic N) is 1. The third-order valence-corrected chi connectivity index (χ3v) is 6.61. The lowest BCUT2D eigenvalue weighted by atomic mass is 9.92. The number of nitrogens with one attached hydrogen (secondary N) is 1. The Kier molecular flexibility index (Phi) is 5.94. The summed E-state index contributed by atoms with van der Waals surface area (Å²) in [5.41, 5.74) is 3.81. The molecule has 0 atom stereocenters. The SMILES string of the molecule is Cc1cccc(N2C(=O)NC(=O)/C(=C\c3c(Cc4ccccc4F)ccc4ccccc34)C2=O)c1C. The van der Waals surface area contributed by atoms with Gasteiger partial charge in [-0.3, -0.25) is 14.9 Å². The van der Waals surface area contributed by atoms with Crippen LogP contribution in [-0.4, -0.2) is 17.8 Å². The molecule has 0 spiro atoms. The maximum atomic E-state index is 14.5. The van der Waals surface area contributed by atoms with Crippen molar-refractivity contribution < 1.29 is 18.8 Å². The van der Waals surface area contributed by atoms with Gasteiger partial charge in [-0.25, -0.2) is 14.1 Å². The summed E-state index contributed by atoms with van der Waals surface area (Å²) in [5, 5.41) is 4.03. The van der Waals surface area contributed by atoms with Crippen LogP contribution in [0, 0.1) is 19.7 Å². The molecule has 36 heavy (non-hydrogen) atoms. The molecule has 4 aromatic carbocycles. The third kappa shape index (κ3) is 4.07. The molecule has 1 aliphatic heterocycles. The Labute approximate surface area is 207 Å². The lowest BCUT2D eigenvalue weighted by Crippen LogP contribution is -2.54. The number of halogens is 1. The van der Waals surface area contributed by atoms with Crippen molar-refractivity contribution in [3.63, 3.8) is 0 Å². The van der Waals surface area contributed by atoms with Crippen LogP contribution in [0.2, 0.25) is 0 Å². The summed E-state index contributed by atoms with van der Waals surface area (Å²) in [6, 6.07) is 22.4. The average Bonchev–Trinajstić information content (AvgIpc) is 2.86. The normalized spacial score (nSPS) is 15.0. The number of aryl methyl sites for hydroxylation is 1. The summed E-state index contributed by atoms with van der Waals surface area (Å²) >= 11 is 0. The molecule has 5 nitrogen and oxygen atoms in total. The fraction of sp³-hybridized carbons (Fsp3) is 0.100. The number of rotatable bonds is 4. The molecular formula is C30H23FN2O3. The minimum absolute atomic E-state index is 0.165. The number of amides is 4. The predicted molar refractivity (Wildman–Crippen MR) is 138 cm³/mol. The molecule has 1 aliphatic rings. The van der Waals surface area contributed by atoms with Crippen molar-refractivity contribution in [3.8, 4) is 0 Å². The van der Waals surface area contributed by atoms with Crippen LogP contribution in [0.15, 0.2) is 84.4 Å². The van der Waals surface area contributed by atoms with Crippen molar-refractivity contribution in [2.75, 3.05) is 4.90 Å². The minimum atomic E-state index is -0.791. The highest BCUT2D eigenvalue weighted by Gasteiger charge is 2.37. The van der Waals surface area contributed by atoms with Gasteiger partial charge in [0, 0.05) is 6.42 Å². The quantitative estimate of drug-likeness (QED) is 0.295. The molecule has 1 fully saturated rings. The maximum Gasteiger partial charge on any atom is 0.335 e. The summed E-state index contributed by atoms with van der Waals surface area (Å²) in [6.45, 7) is 3.71. The highest BCUT2D eigenvalue weighted by atomic mass is 19.1. The van der Waals surface area contributed by atoms with Gasteiger partial charge in [-0.2, -0.15) is 0 Å². The third-order valence-electron chi connectivity index (χ3n) is 6.61. The van der Waals surface area contributed by atoms with Crippen molar-refractivity contribution >= 4 is 40.4 Å². The summed E-state index contributed by atoms with van der Waals surface area (Å²) in [5.74, 6) is -1.80. The number of imide groups is 2. The standard InChI is InChI=1S/C30H23FN2O3/c1-18-8-7-13-27(19(18)2)33-29(35)25(28(34)32-30(33)36)17-24-21(16-22-10-4-6-12-26(22)31)15-14-20-9-3-5-11-23(20)24/h3-15,17H,16H2,1-2H3,(H,32,34,36)/b25-17+. The van der Waals surface area contributed by atoms with Gasteiger partial charge in [0.2, 0.25) is 0 Å².